The number of hydrogen-bond donors (Lipinski definition) is 1. The Morgan fingerprint density at radius 2 is 1.90 bits per heavy atom. The van der Waals surface area contributed by atoms with E-state index in [2.05, 4.69) is 10.2 Å². The van der Waals surface area contributed by atoms with Gasteiger partial charge < -0.3 is 4.74 Å². The van der Waals surface area contributed by atoms with Crippen LogP contribution in [0.15, 0.2) is 35.5 Å². The lowest BCUT2D eigenvalue weighted by Crippen LogP contribution is -2.29. The van der Waals surface area contributed by atoms with E-state index in [0.717, 1.165) is 0 Å². The van der Waals surface area contributed by atoms with Crippen molar-refractivity contribution < 1.29 is 13.2 Å². The molecule has 114 valence electrons. The van der Waals surface area contributed by atoms with Crippen molar-refractivity contribution in [2.45, 2.75) is 31.0 Å². The first-order valence-electron chi connectivity index (χ1n) is 6.42. The molecule has 2 N–H and O–H groups in total. The molecule has 0 bridgehead atoms. The van der Waals surface area contributed by atoms with E-state index in [1.54, 1.807) is 31.4 Å². The van der Waals surface area contributed by atoms with E-state index in [1.165, 1.54) is 4.57 Å². The van der Waals surface area contributed by atoms with E-state index in [9.17, 15) is 8.42 Å². The van der Waals surface area contributed by atoms with Crippen molar-refractivity contribution >= 4 is 10.0 Å². The maximum absolute atomic E-state index is 11.8. The molecule has 1 heterocycles. The lowest BCUT2D eigenvalue weighted by Gasteiger charge is -2.26. The number of methoxy groups -OCH3 is 1. The van der Waals surface area contributed by atoms with Crippen LogP contribution in [0.5, 0.6) is 0 Å². The molecule has 1 aromatic carbocycles. The summed E-state index contributed by atoms with van der Waals surface area (Å²) in [6.07, 6.45) is 0.596. The van der Waals surface area contributed by atoms with Gasteiger partial charge in [0.2, 0.25) is 0 Å². The quantitative estimate of drug-likeness (QED) is 0.894. The Morgan fingerprint density at radius 1 is 1.29 bits per heavy atom. The summed E-state index contributed by atoms with van der Waals surface area (Å²) in [6.45, 7) is 3.74. The first-order valence-corrected chi connectivity index (χ1v) is 7.97. The Kier molecular flexibility index (Phi) is 4.13. The third kappa shape index (κ3) is 2.82. The summed E-state index contributed by atoms with van der Waals surface area (Å²) in [4.78, 5) is 0. The Balaban J connectivity index is 2.78. The molecule has 0 saturated heterocycles. The average molecular weight is 310 g/mol. The monoisotopic (exact) mass is 310 g/mol. The Hall–Kier alpha value is -1.77. The number of para-hydroxylation sites is 1. The van der Waals surface area contributed by atoms with Gasteiger partial charge in [0.15, 0.2) is 5.82 Å². The van der Waals surface area contributed by atoms with Crippen LogP contribution in [0.4, 0.5) is 0 Å². The van der Waals surface area contributed by atoms with E-state index >= 15 is 0 Å². The molecule has 0 aliphatic heterocycles. The highest BCUT2D eigenvalue weighted by Crippen LogP contribution is 2.30. The van der Waals surface area contributed by atoms with Crippen LogP contribution in [-0.2, 0) is 20.4 Å². The summed E-state index contributed by atoms with van der Waals surface area (Å²) < 4.78 is 30.4. The number of rotatable bonds is 5. The Morgan fingerprint density at radius 3 is 2.38 bits per heavy atom. The fraction of sp³-hybridized carbons (Fsp3) is 0.385. The first-order chi connectivity index (χ1) is 9.83. The van der Waals surface area contributed by atoms with Crippen LogP contribution in [0.1, 0.15) is 26.1 Å². The van der Waals surface area contributed by atoms with Crippen LogP contribution >= 0.6 is 0 Å². The van der Waals surface area contributed by atoms with Crippen LogP contribution in [0.3, 0.4) is 0 Å². The minimum absolute atomic E-state index is 0.305. The minimum Gasteiger partial charge on any atom is -0.371 e. The highest BCUT2D eigenvalue weighted by atomic mass is 32.2. The topological polar surface area (TPSA) is 100 Å². The zero-order valence-electron chi connectivity index (χ0n) is 12.1. The van der Waals surface area contributed by atoms with Crippen LogP contribution in [0.2, 0.25) is 0 Å². The maximum Gasteiger partial charge on any atom is 0.274 e. The molecular weight excluding hydrogens is 292 g/mol. The smallest absolute Gasteiger partial charge is 0.274 e. The second-order valence-corrected chi connectivity index (χ2v) is 6.27. The fourth-order valence-corrected chi connectivity index (χ4v) is 2.60. The van der Waals surface area contributed by atoms with Gasteiger partial charge in [-0.05, 0) is 25.5 Å². The number of hydrogen-bond acceptors (Lipinski definition) is 5. The standard InChI is InChI=1S/C13H18N4O3S/c1-4-13(2,20-3)11-15-16-12(21(14,18)19)17(11)10-8-6-5-7-9-10/h5-9H,4H2,1-3H3,(H2,14,18,19). The zero-order valence-corrected chi connectivity index (χ0v) is 13.0. The number of nitrogens with two attached hydrogens (primary N) is 1. The fourth-order valence-electron chi connectivity index (χ4n) is 2.00. The van der Waals surface area contributed by atoms with E-state index in [1.807, 2.05) is 19.9 Å². The van der Waals surface area contributed by atoms with Crippen LogP contribution < -0.4 is 5.14 Å². The molecule has 0 aliphatic rings. The largest absolute Gasteiger partial charge is 0.371 e. The van der Waals surface area contributed by atoms with Gasteiger partial charge in [0.05, 0.1) is 0 Å². The molecule has 2 aromatic rings. The van der Waals surface area contributed by atoms with Crippen LogP contribution in [-0.4, -0.2) is 30.3 Å². The Bertz CT molecular complexity index is 721. The van der Waals surface area contributed by atoms with Gasteiger partial charge in [0.1, 0.15) is 5.60 Å². The van der Waals surface area contributed by atoms with Gasteiger partial charge in [-0.25, -0.2) is 13.6 Å². The summed E-state index contributed by atoms with van der Waals surface area (Å²) >= 11 is 0. The van der Waals surface area contributed by atoms with Crippen molar-refractivity contribution in [3.05, 3.63) is 36.2 Å². The van der Waals surface area contributed by atoms with Crippen molar-refractivity contribution in [2.75, 3.05) is 7.11 Å². The number of sulfonamides is 1. The van der Waals surface area contributed by atoms with Crippen molar-refractivity contribution in [1.82, 2.24) is 14.8 Å². The van der Waals surface area contributed by atoms with E-state index in [0.29, 0.717) is 17.9 Å². The minimum atomic E-state index is -4.00. The van der Waals surface area contributed by atoms with Gasteiger partial charge in [-0.1, -0.05) is 25.1 Å². The molecule has 8 heteroatoms. The lowest BCUT2D eigenvalue weighted by atomic mass is 10.0. The van der Waals surface area contributed by atoms with Gasteiger partial charge >= 0.3 is 0 Å². The molecule has 7 nitrogen and oxygen atoms in total. The SMILES string of the molecule is CCC(C)(OC)c1nnc(S(N)(=O)=O)n1-c1ccccc1. The van der Waals surface area contributed by atoms with E-state index in [-0.39, 0.29) is 5.16 Å². The highest BCUT2D eigenvalue weighted by molar-refractivity contribution is 7.89. The molecule has 21 heavy (non-hydrogen) atoms. The van der Waals surface area contributed by atoms with Gasteiger partial charge in [-0.15, -0.1) is 10.2 Å². The van der Waals surface area contributed by atoms with Crippen molar-refractivity contribution in [1.29, 1.82) is 0 Å². The molecule has 0 saturated carbocycles. The first kappa shape index (κ1) is 15.6. The van der Waals surface area contributed by atoms with Crippen LogP contribution in [0.25, 0.3) is 5.69 Å². The number of primary sulfonamides is 1. The molecule has 0 aliphatic carbocycles. The second-order valence-electron chi connectivity index (χ2n) is 4.81. The highest BCUT2D eigenvalue weighted by Gasteiger charge is 2.34. The molecule has 1 unspecified atom stereocenters. The molecule has 0 spiro atoms. The molecule has 0 amide bonds. The summed E-state index contributed by atoms with van der Waals surface area (Å²) in [7, 11) is -2.46. The van der Waals surface area contributed by atoms with Crippen molar-refractivity contribution in [3.63, 3.8) is 0 Å². The molecule has 1 aromatic heterocycles. The third-order valence-corrected chi connectivity index (χ3v) is 4.27. The van der Waals surface area contributed by atoms with E-state index in [4.69, 9.17) is 9.88 Å². The normalized spacial score (nSPS) is 14.9. The van der Waals surface area contributed by atoms with E-state index < -0.39 is 15.6 Å². The van der Waals surface area contributed by atoms with Gasteiger partial charge in [-0.2, -0.15) is 0 Å². The zero-order chi connectivity index (χ0) is 15.7. The van der Waals surface area contributed by atoms with Gasteiger partial charge in [0.25, 0.3) is 15.2 Å². The average Bonchev–Trinajstić information content (AvgIpc) is 2.93. The van der Waals surface area contributed by atoms with Gasteiger partial charge in [0, 0.05) is 12.8 Å². The number of ether oxygens (including phenoxy) is 1. The predicted molar refractivity (Wildman–Crippen MR) is 77.4 cm³/mol. The third-order valence-electron chi connectivity index (χ3n) is 3.50. The maximum atomic E-state index is 11.8. The Labute approximate surface area is 123 Å². The summed E-state index contributed by atoms with van der Waals surface area (Å²) in [6, 6.07) is 8.93. The molecule has 1 atom stereocenters. The number of aromatic nitrogens is 3. The molecule has 2 rings (SSSR count). The van der Waals surface area contributed by atoms with Crippen molar-refractivity contribution in [3.8, 4) is 5.69 Å². The van der Waals surface area contributed by atoms with Gasteiger partial charge in [-0.3, -0.25) is 4.57 Å². The molecular formula is C13H18N4O3S. The van der Waals surface area contributed by atoms with Crippen molar-refractivity contribution in [2.24, 2.45) is 5.14 Å². The molecule has 0 fully saturated rings. The second kappa shape index (κ2) is 5.55. The summed E-state index contributed by atoms with van der Waals surface area (Å²) in [5, 5.41) is 12.7. The number of benzene rings is 1. The summed E-state index contributed by atoms with van der Waals surface area (Å²) in [5.41, 5.74) is -0.163. The van der Waals surface area contributed by atoms with Crippen LogP contribution in [0, 0.1) is 0 Å². The summed E-state index contributed by atoms with van der Waals surface area (Å²) in [5.74, 6) is 0.391. The number of nitrogens with zero attached hydrogens (tertiary/aromatic N) is 3. The lowest BCUT2D eigenvalue weighted by molar-refractivity contribution is -0.0107. The predicted octanol–water partition coefficient (Wildman–Crippen LogP) is 1.19. The molecule has 0 radical (unpaired) electrons.